The molecule has 0 unspecified atom stereocenters. The number of aryl methyl sites for hydroxylation is 1. The Morgan fingerprint density at radius 1 is 1.14 bits per heavy atom. The third-order valence-electron chi connectivity index (χ3n) is 3.06. The van der Waals surface area contributed by atoms with Gasteiger partial charge in [-0.25, -0.2) is 0 Å². The molecule has 2 rings (SSSR count). The molecule has 0 saturated carbocycles. The van der Waals surface area contributed by atoms with E-state index in [-0.39, 0.29) is 12.5 Å². The monoisotopic (exact) mass is 285 g/mol. The number of hydrogen-bond donors (Lipinski definition) is 1. The van der Waals surface area contributed by atoms with Gasteiger partial charge in [-0.15, -0.1) is 0 Å². The maximum Gasteiger partial charge on any atom is 0.262 e. The van der Waals surface area contributed by atoms with E-state index in [1.165, 1.54) is 5.56 Å². The zero-order valence-electron chi connectivity index (χ0n) is 12.3. The van der Waals surface area contributed by atoms with Crippen molar-refractivity contribution in [3.8, 4) is 11.5 Å². The Kier molecular flexibility index (Phi) is 5.21. The van der Waals surface area contributed by atoms with Crippen molar-refractivity contribution in [2.75, 3.05) is 19.0 Å². The molecule has 4 nitrogen and oxygen atoms in total. The van der Waals surface area contributed by atoms with Crippen molar-refractivity contribution < 1.29 is 14.3 Å². The minimum Gasteiger partial charge on any atom is -0.495 e. The molecule has 21 heavy (non-hydrogen) atoms. The topological polar surface area (TPSA) is 47.6 Å². The first-order valence-corrected chi connectivity index (χ1v) is 6.87. The number of hydrogen-bond acceptors (Lipinski definition) is 3. The van der Waals surface area contributed by atoms with Crippen LogP contribution in [0.5, 0.6) is 11.5 Å². The van der Waals surface area contributed by atoms with Crippen LogP contribution in [0.4, 0.5) is 5.69 Å². The summed E-state index contributed by atoms with van der Waals surface area (Å²) in [5, 5.41) is 2.77. The fraction of sp³-hybridized carbons (Fsp3) is 0.235. The van der Waals surface area contributed by atoms with Crippen molar-refractivity contribution >= 4 is 11.6 Å². The van der Waals surface area contributed by atoms with Gasteiger partial charge in [-0.2, -0.15) is 0 Å². The van der Waals surface area contributed by atoms with E-state index in [9.17, 15) is 4.79 Å². The lowest BCUT2D eigenvalue weighted by atomic mass is 10.2. The molecule has 0 aliphatic rings. The summed E-state index contributed by atoms with van der Waals surface area (Å²) in [6.45, 7) is 2.04. The zero-order chi connectivity index (χ0) is 15.1. The second-order valence-electron chi connectivity index (χ2n) is 4.54. The Bertz CT molecular complexity index is 610. The molecular formula is C17H19NO3. The first kappa shape index (κ1) is 14.9. The highest BCUT2D eigenvalue weighted by atomic mass is 16.5. The zero-order valence-corrected chi connectivity index (χ0v) is 12.3. The van der Waals surface area contributed by atoms with Gasteiger partial charge in [-0.05, 0) is 36.2 Å². The number of carbonyl (C=O) groups is 1. The van der Waals surface area contributed by atoms with Crippen LogP contribution in [0.1, 0.15) is 12.5 Å². The molecule has 1 amide bonds. The molecule has 0 spiro atoms. The highest BCUT2D eigenvalue weighted by molar-refractivity contribution is 5.93. The summed E-state index contributed by atoms with van der Waals surface area (Å²) in [4.78, 5) is 11.9. The second-order valence-corrected chi connectivity index (χ2v) is 4.54. The van der Waals surface area contributed by atoms with Gasteiger partial charge >= 0.3 is 0 Å². The number of rotatable bonds is 6. The van der Waals surface area contributed by atoms with Crippen LogP contribution in [0.3, 0.4) is 0 Å². The molecule has 0 atom stereocenters. The maximum atomic E-state index is 11.9. The Morgan fingerprint density at radius 3 is 2.71 bits per heavy atom. The summed E-state index contributed by atoms with van der Waals surface area (Å²) in [6.07, 6.45) is 0.935. The summed E-state index contributed by atoms with van der Waals surface area (Å²) in [6, 6.07) is 15.0. The van der Waals surface area contributed by atoms with Crippen molar-refractivity contribution in [2.45, 2.75) is 13.3 Å². The predicted molar refractivity (Wildman–Crippen MR) is 82.9 cm³/mol. The molecule has 110 valence electrons. The van der Waals surface area contributed by atoms with Gasteiger partial charge in [0.1, 0.15) is 11.5 Å². The number of benzene rings is 2. The van der Waals surface area contributed by atoms with E-state index in [0.29, 0.717) is 17.2 Å². The first-order valence-electron chi connectivity index (χ1n) is 6.87. The highest BCUT2D eigenvalue weighted by Crippen LogP contribution is 2.22. The number of anilines is 1. The summed E-state index contributed by atoms with van der Waals surface area (Å²) >= 11 is 0. The van der Waals surface area contributed by atoms with E-state index in [1.54, 1.807) is 19.2 Å². The summed E-state index contributed by atoms with van der Waals surface area (Å²) in [5.74, 6) is 1.10. The molecular weight excluding hydrogens is 266 g/mol. The molecule has 0 radical (unpaired) electrons. The number of ether oxygens (including phenoxy) is 2. The summed E-state index contributed by atoms with van der Waals surface area (Å²) in [7, 11) is 1.57. The van der Waals surface area contributed by atoms with E-state index >= 15 is 0 Å². The van der Waals surface area contributed by atoms with Crippen molar-refractivity contribution in [1.82, 2.24) is 0 Å². The van der Waals surface area contributed by atoms with Crippen LogP contribution >= 0.6 is 0 Å². The Morgan fingerprint density at radius 2 is 1.95 bits per heavy atom. The van der Waals surface area contributed by atoms with Crippen LogP contribution in [0.2, 0.25) is 0 Å². The Hall–Kier alpha value is -2.49. The van der Waals surface area contributed by atoms with Crippen molar-refractivity contribution in [3.63, 3.8) is 0 Å². The maximum absolute atomic E-state index is 11.9. The number of para-hydroxylation sites is 2. The van der Waals surface area contributed by atoms with E-state index in [1.807, 2.05) is 36.4 Å². The van der Waals surface area contributed by atoms with Gasteiger partial charge in [0.05, 0.1) is 12.8 Å². The number of amides is 1. The van der Waals surface area contributed by atoms with Gasteiger partial charge in [0.25, 0.3) is 5.91 Å². The predicted octanol–water partition coefficient (Wildman–Crippen LogP) is 3.28. The molecule has 2 aromatic rings. The SMILES string of the molecule is CCc1cccc(OCC(=O)Nc2ccccc2OC)c1. The van der Waals surface area contributed by atoms with E-state index in [2.05, 4.69) is 12.2 Å². The van der Waals surface area contributed by atoms with E-state index in [0.717, 1.165) is 6.42 Å². The van der Waals surface area contributed by atoms with Crippen molar-refractivity contribution in [1.29, 1.82) is 0 Å². The van der Waals surface area contributed by atoms with Crippen LogP contribution < -0.4 is 14.8 Å². The molecule has 0 aliphatic heterocycles. The van der Waals surface area contributed by atoms with Crippen LogP contribution in [-0.2, 0) is 11.2 Å². The molecule has 0 heterocycles. The van der Waals surface area contributed by atoms with Gasteiger partial charge in [-0.1, -0.05) is 31.2 Å². The second kappa shape index (κ2) is 7.33. The molecule has 0 bridgehead atoms. The lowest BCUT2D eigenvalue weighted by Crippen LogP contribution is -2.20. The molecule has 0 fully saturated rings. The van der Waals surface area contributed by atoms with E-state index < -0.39 is 0 Å². The Labute approximate surface area is 124 Å². The molecule has 0 aliphatic carbocycles. The number of methoxy groups -OCH3 is 1. The van der Waals surface area contributed by atoms with Crippen LogP contribution in [-0.4, -0.2) is 19.6 Å². The largest absolute Gasteiger partial charge is 0.495 e. The highest BCUT2D eigenvalue weighted by Gasteiger charge is 2.07. The average molecular weight is 285 g/mol. The van der Waals surface area contributed by atoms with Gasteiger partial charge in [0.15, 0.2) is 6.61 Å². The lowest BCUT2D eigenvalue weighted by Gasteiger charge is -2.11. The fourth-order valence-corrected chi connectivity index (χ4v) is 1.94. The fourth-order valence-electron chi connectivity index (χ4n) is 1.94. The van der Waals surface area contributed by atoms with Gasteiger partial charge < -0.3 is 14.8 Å². The molecule has 0 saturated heterocycles. The smallest absolute Gasteiger partial charge is 0.262 e. The molecule has 2 aromatic carbocycles. The average Bonchev–Trinajstić information content (AvgIpc) is 2.53. The minimum absolute atomic E-state index is 0.0365. The lowest BCUT2D eigenvalue weighted by molar-refractivity contribution is -0.118. The minimum atomic E-state index is -0.221. The van der Waals surface area contributed by atoms with Gasteiger partial charge in [0, 0.05) is 0 Å². The van der Waals surface area contributed by atoms with Crippen molar-refractivity contribution in [3.05, 3.63) is 54.1 Å². The van der Waals surface area contributed by atoms with Crippen LogP contribution in [0.25, 0.3) is 0 Å². The first-order chi connectivity index (χ1) is 10.2. The Balaban J connectivity index is 1.92. The summed E-state index contributed by atoms with van der Waals surface area (Å²) < 4.78 is 10.7. The molecule has 4 heteroatoms. The third-order valence-corrected chi connectivity index (χ3v) is 3.06. The van der Waals surface area contributed by atoms with E-state index in [4.69, 9.17) is 9.47 Å². The summed E-state index contributed by atoms with van der Waals surface area (Å²) in [5.41, 5.74) is 1.81. The molecule has 0 aromatic heterocycles. The van der Waals surface area contributed by atoms with Crippen LogP contribution in [0, 0.1) is 0 Å². The standard InChI is InChI=1S/C17H19NO3/c1-3-13-7-6-8-14(11-13)21-12-17(19)18-15-9-4-5-10-16(15)20-2/h4-11H,3,12H2,1-2H3,(H,18,19). The normalized spacial score (nSPS) is 10.0. The third kappa shape index (κ3) is 4.24. The van der Waals surface area contributed by atoms with Crippen LogP contribution in [0.15, 0.2) is 48.5 Å². The number of carbonyl (C=O) groups excluding carboxylic acids is 1. The quantitative estimate of drug-likeness (QED) is 0.886. The number of nitrogens with one attached hydrogen (secondary N) is 1. The van der Waals surface area contributed by atoms with Gasteiger partial charge in [0.2, 0.25) is 0 Å². The van der Waals surface area contributed by atoms with Crippen molar-refractivity contribution in [2.24, 2.45) is 0 Å². The van der Waals surface area contributed by atoms with Gasteiger partial charge in [-0.3, -0.25) is 4.79 Å². The molecule has 1 N–H and O–H groups in total.